The predicted octanol–water partition coefficient (Wildman–Crippen LogP) is 3.51. The quantitative estimate of drug-likeness (QED) is 0.371. The Labute approximate surface area is 401 Å². The first kappa shape index (κ1) is 55.6. The Morgan fingerprint density at radius 1 is 0.778 bits per heavy atom. The van der Waals surface area contributed by atoms with Gasteiger partial charge in [-0.25, -0.2) is 23.3 Å². The van der Waals surface area contributed by atoms with Crippen LogP contribution in [0.5, 0.6) is 0 Å². The number of likely N-dealkylation sites (N-methyl/N-ethyl adjacent to an activating group) is 2. The third-order valence-corrected chi connectivity index (χ3v) is 5.04. The molecule has 227 valence electrons. The molecule has 6 rings (SSSR count). The van der Waals surface area contributed by atoms with E-state index in [1.54, 1.807) is 18.5 Å². The first-order chi connectivity index (χ1) is 19.3. The molecule has 0 amide bonds. The van der Waals surface area contributed by atoms with Gasteiger partial charge in [-0.05, 0) is 34.7 Å². The molecule has 6 aliphatic heterocycles. The van der Waals surface area contributed by atoms with Crippen LogP contribution in [0, 0.1) is 69.3 Å². The summed E-state index contributed by atoms with van der Waals surface area (Å²) in [4.78, 5) is 15.5. The van der Waals surface area contributed by atoms with Crippen LogP contribution in [0.25, 0.3) is 0 Å². The van der Waals surface area contributed by atoms with E-state index < -0.39 is 0 Å². The van der Waals surface area contributed by atoms with E-state index in [1.165, 1.54) is 0 Å². The van der Waals surface area contributed by atoms with Crippen LogP contribution in [-0.4, -0.2) is 90.7 Å². The van der Waals surface area contributed by atoms with Gasteiger partial charge in [-0.3, -0.25) is 4.74 Å². The minimum Gasteiger partial charge on any atom is -0.487 e. The largest absolute Gasteiger partial charge is 0.499 e. The maximum Gasteiger partial charge on any atom is 0.499 e. The molecule has 0 saturated carbocycles. The number of nitrogens with one attached hydrogen (secondary N) is 1. The molecule has 0 aliphatic carbocycles. The van der Waals surface area contributed by atoms with Crippen molar-refractivity contribution in [2.24, 2.45) is 4.99 Å². The molecule has 5 radical (unpaired) electrons. The minimum atomic E-state index is 0. The Kier molecular flexibility index (Phi) is 47.0. The summed E-state index contributed by atoms with van der Waals surface area (Å²) in [5.41, 5.74) is 0. The molecular formula is C31H43N8OY5+. The van der Waals surface area contributed by atoms with Gasteiger partial charge in [0, 0.05) is 202 Å². The minimum absolute atomic E-state index is 0. The number of hydrogen-bond donors (Lipinski definition) is 1. The number of aliphatic imine (C=N–C) groups is 1. The van der Waals surface area contributed by atoms with Crippen molar-refractivity contribution in [1.29, 1.82) is 0 Å². The number of hydrogen-bond acceptors (Lipinski definition) is 9. The smallest absolute Gasteiger partial charge is 0.487 e. The van der Waals surface area contributed by atoms with Crippen molar-refractivity contribution in [3.63, 3.8) is 0 Å². The van der Waals surface area contributed by atoms with Gasteiger partial charge in [-0.2, -0.15) is 13.1 Å². The van der Waals surface area contributed by atoms with Crippen LogP contribution in [0.4, 0.5) is 0 Å². The summed E-state index contributed by atoms with van der Waals surface area (Å²) in [6.07, 6.45) is 36.1. The molecule has 14 heteroatoms. The molecule has 6 heterocycles. The Bertz CT molecular complexity index is 848. The third-order valence-electron chi connectivity index (χ3n) is 5.04. The van der Waals surface area contributed by atoms with E-state index in [0.29, 0.717) is 6.61 Å². The summed E-state index contributed by atoms with van der Waals surface area (Å²) in [6, 6.07) is 0. The SMILES string of the molecule is CC1=N[C+]=CN1C.CN1C=[C+]CC[CH-]1.CN1C=[C+]C[CH-]1.CN1C=[C+]NC[CH-]1.CN1C=[C+]OC[CH-]1.CN1[C-]=C[C+]=C1.[Y].[Y].[Y].[Y].[Y]. The zero-order valence-electron chi connectivity index (χ0n) is 27.8. The van der Waals surface area contributed by atoms with Gasteiger partial charge in [0.15, 0.2) is 6.20 Å². The van der Waals surface area contributed by atoms with Crippen molar-refractivity contribution in [2.75, 3.05) is 55.4 Å². The van der Waals surface area contributed by atoms with Crippen molar-refractivity contribution in [3.05, 3.63) is 113 Å². The van der Waals surface area contributed by atoms with E-state index in [2.05, 4.69) is 66.5 Å². The van der Waals surface area contributed by atoms with Crippen LogP contribution in [0.3, 0.4) is 0 Å². The monoisotopic (exact) mass is 988 g/mol. The zero-order valence-corrected chi connectivity index (χ0v) is 42.0. The fourth-order valence-electron chi connectivity index (χ4n) is 2.59. The molecule has 0 spiro atoms. The topological polar surface area (TPSA) is 53.1 Å². The molecule has 9 nitrogen and oxygen atoms in total. The summed E-state index contributed by atoms with van der Waals surface area (Å²) < 4.78 is 4.74. The average Bonchev–Trinajstić information content (AvgIpc) is 3.73. The number of rotatable bonds is 0. The molecule has 0 aromatic heterocycles. The van der Waals surface area contributed by atoms with Gasteiger partial charge in [-0.1, -0.05) is 0 Å². The number of amidine groups is 1. The van der Waals surface area contributed by atoms with Gasteiger partial charge >= 0.3 is 12.5 Å². The summed E-state index contributed by atoms with van der Waals surface area (Å²) in [5.74, 6) is 1.00. The Morgan fingerprint density at radius 2 is 1.42 bits per heavy atom. The van der Waals surface area contributed by atoms with Crippen LogP contribution in [0.2, 0.25) is 0 Å². The van der Waals surface area contributed by atoms with Crippen molar-refractivity contribution < 1.29 is 168 Å². The molecule has 0 unspecified atom stereocenters. The van der Waals surface area contributed by atoms with Crippen LogP contribution in [-0.2, 0) is 168 Å². The molecule has 0 aromatic carbocycles. The van der Waals surface area contributed by atoms with Crippen molar-refractivity contribution in [1.82, 2.24) is 34.7 Å². The summed E-state index contributed by atoms with van der Waals surface area (Å²) in [6.45, 7) is 11.7. The standard InChI is InChI=1S/C6H9N.C5H7N2.C5H8N2.C5H7NO.C5H7N.C5H5N.5Y/c1-7-5-3-2-4-6-7;1-5-6-3-4-7(5)2;1-7-4-2-6-3-5-7;1-6-2-4-7-5-3-6;2*1-6-4-2-3-5-6;;;;;/h5-6H,2-3H2,1H3;4H,1-2H3;4-6H,2H2,1H3;2-3H,4H2,1H3;4-5H,2H2,1H3;2,5H,1H3;;;;;/q;+1;;;;;;;;;. The van der Waals surface area contributed by atoms with Crippen LogP contribution in [0.1, 0.15) is 26.2 Å². The molecule has 0 atom stereocenters. The number of allylic oxidation sites excluding steroid dienone is 3. The first-order valence-corrected chi connectivity index (χ1v) is 12.9. The van der Waals surface area contributed by atoms with Gasteiger partial charge in [0.05, 0.1) is 19.5 Å². The zero-order chi connectivity index (χ0) is 29.4. The van der Waals surface area contributed by atoms with Gasteiger partial charge in [0.2, 0.25) is 37.0 Å². The predicted molar refractivity (Wildman–Crippen MR) is 159 cm³/mol. The molecule has 0 fully saturated rings. The second-order valence-corrected chi connectivity index (χ2v) is 8.72. The number of nitrogens with zero attached hydrogens (tertiary/aromatic N) is 7. The average molecular weight is 988 g/mol. The molecule has 0 aromatic rings. The van der Waals surface area contributed by atoms with Gasteiger partial charge in [0.1, 0.15) is 6.42 Å². The Balaban J connectivity index is -0.000000139. The molecular weight excluding hydrogens is 945 g/mol. The van der Waals surface area contributed by atoms with E-state index in [-0.39, 0.29) is 164 Å². The molecule has 45 heavy (non-hydrogen) atoms. The van der Waals surface area contributed by atoms with Crippen molar-refractivity contribution in [2.45, 2.75) is 26.2 Å². The normalized spacial score (nSPS) is 15.8. The van der Waals surface area contributed by atoms with E-state index in [1.807, 2.05) is 116 Å². The van der Waals surface area contributed by atoms with Crippen LogP contribution < -0.4 is 5.32 Å². The van der Waals surface area contributed by atoms with Crippen LogP contribution in [0.15, 0.2) is 48.3 Å². The summed E-state index contributed by atoms with van der Waals surface area (Å²) >= 11 is 0. The maximum absolute atomic E-state index is 4.74. The number of ether oxygens (including phenoxy) is 1. The summed E-state index contributed by atoms with van der Waals surface area (Å²) in [7, 11) is 11.8. The fraction of sp³-hybridized carbons (Fsp3) is 0.387. The first-order valence-electron chi connectivity index (χ1n) is 12.9. The van der Waals surface area contributed by atoms with Gasteiger partial charge in [0.25, 0.3) is 12.0 Å². The second kappa shape index (κ2) is 38.0. The molecule has 1 N–H and O–H groups in total. The molecule has 0 bridgehead atoms. The Morgan fingerprint density at radius 3 is 1.62 bits per heavy atom. The second-order valence-electron chi connectivity index (χ2n) is 8.72. The van der Waals surface area contributed by atoms with Crippen LogP contribution >= 0.6 is 0 Å². The van der Waals surface area contributed by atoms with Crippen molar-refractivity contribution >= 4 is 5.84 Å². The van der Waals surface area contributed by atoms with E-state index in [4.69, 9.17) is 4.74 Å². The fourth-order valence-corrected chi connectivity index (χ4v) is 2.59. The maximum atomic E-state index is 4.74. The van der Waals surface area contributed by atoms with E-state index in [0.717, 1.165) is 31.6 Å². The third kappa shape index (κ3) is 34.9. The molecule has 6 aliphatic rings. The van der Waals surface area contributed by atoms with Gasteiger partial charge < -0.3 is 24.5 Å². The van der Waals surface area contributed by atoms with E-state index >= 15 is 0 Å². The Hall–Kier alpha value is 1.23. The van der Waals surface area contributed by atoms with E-state index in [9.17, 15) is 0 Å². The van der Waals surface area contributed by atoms with Crippen molar-refractivity contribution in [3.8, 4) is 0 Å². The summed E-state index contributed by atoms with van der Waals surface area (Å²) in [5, 5.41) is 2.91. The van der Waals surface area contributed by atoms with Gasteiger partial charge in [-0.15, -0.1) is 12.5 Å². The molecule has 0 saturated heterocycles.